The summed E-state index contributed by atoms with van der Waals surface area (Å²) in [4.78, 5) is 4.54. The van der Waals surface area contributed by atoms with E-state index in [4.69, 9.17) is 9.26 Å². The molecule has 3 aromatic rings. The highest BCUT2D eigenvalue weighted by molar-refractivity contribution is 5.68. The molecule has 1 aliphatic rings. The first-order chi connectivity index (χ1) is 16.2. The Kier molecular flexibility index (Phi) is 8.30. The number of aliphatic hydroxyl groups excluding tert-OH is 1. The van der Waals surface area contributed by atoms with Crippen LogP contribution in [0.3, 0.4) is 0 Å². The van der Waals surface area contributed by atoms with Gasteiger partial charge in [-0.3, -0.25) is 4.90 Å². The molecule has 1 saturated heterocycles. The minimum atomic E-state index is -0.607. The molecule has 1 atom stereocenters. The number of hydrogen-bond donors (Lipinski definition) is 1. The Hall–Kier alpha value is -2.93. The Balaban J connectivity index is 1.61. The van der Waals surface area contributed by atoms with E-state index in [1.165, 1.54) is 5.56 Å². The summed E-state index contributed by atoms with van der Waals surface area (Å²) in [6.45, 7) is 8.13. The molecule has 0 amide bonds. The molecule has 0 saturated carbocycles. The molecule has 1 aromatic heterocycles. The first kappa shape index (κ1) is 23.2. The molecule has 0 unspecified atom stereocenters. The summed E-state index contributed by atoms with van der Waals surface area (Å²) in [7, 11) is 0. The largest absolute Gasteiger partial charge is 0.389 e. The van der Waals surface area contributed by atoms with E-state index < -0.39 is 6.10 Å². The summed E-state index contributed by atoms with van der Waals surface area (Å²) in [5.74, 6) is 0.849. The lowest BCUT2D eigenvalue weighted by atomic mass is 10.1. The van der Waals surface area contributed by atoms with Crippen molar-refractivity contribution in [2.45, 2.75) is 32.0 Å². The Morgan fingerprint density at radius 1 is 1.06 bits per heavy atom. The molecule has 2 heterocycles. The zero-order chi connectivity index (χ0) is 22.9. The predicted octanol–water partition coefficient (Wildman–Crippen LogP) is 4.51. The van der Waals surface area contributed by atoms with Crippen molar-refractivity contribution in [1.29, 1.82) is 0 Å². The lowest BCUT2D eigenvalue weighted by molar-refractivity contribution is 0.0229. The molecule has 6 nitrogen and oxygen atoms in total. The maximum atomic E-state index is 10.7. The van der Waals surface area contributed by atoms with Crippen molar-refractivity contribution in [3.63, 3.8) is 0 Å². The van der Waals surface area contributed by atoms with Crippen molar-refractivity contribution in [1.82, 2.24) is 10.1 Å². The average Bonchev–Trinajstić information content (AvgIpc) is 3.50. The second-order valence-electron chi connectivity index (χ2n) is 8.51. The van der Waals surface area contributed by atoms with Crippen LogP contribution in [0.1, 0.15) is 24.0 Å². The summed E-state index contributed by atoms with van der Waals surface area (Å²) in [5.41, 5.74) is 4.17. The fraction of sp³-hybridized carbons (Fsp3) is 0.370. The van der Waals surface area contributed by atoms with Crippen LogP contribution in [-0.2, 0) is 17.8 Å². The van der Waals surface area contributed by atoms with Gasteiger partial charge in [0.1, 0.15) is 5.69 Å². The number of ether oxygens (including phenoxy) is 1. The van der Waals surface area contributed by atoms with E-state index in [-0.39, 0.29) is 6.61 Å². The molecule has 1 aliphatic heterocycles. The Bertz CT molecular complexity index is 984. The van der Waals surface area contributed by atoms with Crippen molar-refractivity contribution in [2.24, 2.45) is 0 Å². The molecule has 2 aromatic carbocycles. The lowest BCUT2D eigenvalue weighted by Gasteiger charge is -2.26. The number of nitrogens with zero attached hydrogens (tertiary/aromatic N) is 3. The third-order valence-electron chi connectivity index (χ3n) is 5.85. The predicted molar refractivity (Wildman–Crippen MR) is 131 cm³/mol. The molecular formula is C27H33N3O3. The topological polar surface area (TPSA) is 62.0 Å². The van der Waals surface area contributed by atoms with Crippen LogP contribution in [0.4, 0.5) is 5.88 Å². The van der Waals surface area contributed by atoms with E-state index in [2.05, 4.69) is 45.8 Å². The van der Waals surface area contributed by atoms with Gasteiger partial charge in [-0.05, 0) is 18.4 Å². The summed E-state index contributed by atoms with van der Waals surface area (Å²) in [5, 5.41) is 15.2. The van der Waals surface area contributed by atoms with Crippen molar-refractivity contribution in [3.8, 4) is 11.3 Å². The zero-order valence-corrected chi connectivity index (χ0v) is 19.1. The molecule has 0 aliphatic carbocycles. The summed E-state index contributed by atoms with van der Waals surface area (Å²) in [6.07, 6.45) is 3.41. The van der Waals surface area contributed by atoms with Crippen LogP contribution in [0.15, 0.2) is 77.8 Å². The van der Waals surface area contributed by atoms with Crippen LogP contribution in [0.25, 0.3) is 11.3 Å². The third kappa shape index (κ3) is 6.32. The van der Waals surface area contributed by atoms with E-state index >= 15 is 0 Å². The molecular weight excluding hydrogens is 414 g/mol. The summed E-state index contributed by atoms with van der Waals surface area (Å²) < 4.78 is 11.4. The van der Waals surface area contributed by atoms with Crippen LogP contribution in [0.5, 0.6) is 0 Å². The molecule has 1 N–H and O–H groups in total. The van der Waals surface area contributed by atoms with Crippen molar-refractivity contribution in [2.75, 3.05) is 37.7 Å². The summed E-state index contributed by atoms with van der Waals surface area (Å²) in [6, 6.07) is 20.5. The van der Waals surface area contributed by atoms with E-state index in [0.29, 0.717) is 26.2 Å². The van der Waals surface area contributed by atoms with E-state index in [9.17, 15) is 5.11 Å². The second kappa shape index (κ2) is 11.8. The SMILES string of the molecule is C=CCOC[C@@H](O)CN(Cc1ccccc1)Cc1c(-c2ccccc2)noc1N1CCCC1. The maximum absolute atomic E-state index is 10.7. The van der Waals surface area contributed by atoms with Crippen LogP contribution in [0, 0.1) is 0 Å². The molecule has 6 heteroatoms. The Labute approximate surface area is 196 Å². The number of anilines is 1. The Morgan fingerprint density at radius 2 is 1.76 bits per heavy atom. The van der Waals surface area contributed by atoms with E-state index in [1.54, 1.807) is 6.08 Å². The van der Waals surface area contributed by atoms with Gasteiger partial charge < -0.3 is 19.3 Å². The highest BCUT2D eigenvalue weighted by atomic mass is 16.5. The molecule has 0 spiro atoms. The van der Waals surface area contributed by atoms with Gasteiger partial charge in [-0.2, -0.15) is 0 Å². The number of hydrogen-bond acceptors (Lipinski definition) is 6. The second-order valence-corrected chi connectivity index (χ2v) is 8.51. The summed E-state index contributed by atoms with van der Waals surface area (Å²) >= 11 is 0. The highest BCUT2D eigenvalue weighted by Gasteiger charge is 2.27. The first-order valence-electron chi connectivity index (χ1n) is 11.7. The van der Waals surface area contributed by atoms with Crippen LogP contribution >= 0.6 is 0 Å². The van der Waals surface area contributed by atoms with Gasteiger partial charge in [0.2, 0.25) is 5.88 Å². The fourth-order valence-corrected chi connectivity index (χ4v) is 4.32. The minimum Gasteiger partial charge on any atom is -0.389 e. The van der Waals surface area contributed by atoms with E-state index in [0.717, 1.165) is 48.6 Å². The molecule has 33 heavy (non-hydrogen) atoms. The minimum absolute atomic E-state index is 0.269. The molecule has 174 valence electrons. The van der Waals surface area contributed by atoms with Gasteiger partial charge in [-0.15, -0.1) is 6.58 Å². The first-order valence-corrected chi connectivity index (χ1v) is 11.7. The Morgan fingerprint density at radius 3 is 2.45 bits per heavy atom. The van der Waals surface area contributed by atoms with Gasteiger partial charge in [0.15, 0.2) is 0 Å². The number of benzene rings is 2. The number of aromatic nitrogens is 1. The average molecular weight is 448 g/mol. The normalized spacial score (nSPS) is 14.7. The quantitative estimate of drug-likeness (QED) is 0.326. The standard InChI is InChI=1S/C27H33N3O3/c1-2-17-32-21-24(31)19-29(18-22-11-5-3-6-12-22)20-25-26(23-13-7-4-8-14-23)28-33-27(25)30-15-9-10-16-30/h2-8,11-14,24,31H,1,9-10,15-21H2/t24-/m0/s1. The van der Waals surface area contributed by atoms with Gasteiger partial charge in [-0.25, -0.2) is 0 Å². The van der Waals surface area contributed by atoms with Crippen molar-refractivity contribution >= 4 is 5.88 Å². The third-order valence-corrected chi connectivity index (χ3v) is 5.85. The van der Waals surface area contributed by atoms with Crippen LogP contribution < -0.4 is 4.90 Å². The van der Waals surface area contributed by atoms with Gasteiger partial charge in [0.25, 0.3) is 0 Å². The smallest absolute Gasteiger partial charge is 0.232 e. The van der Waals surface area contributed by atoms with Gasteiger partial charge in [-0.1, -0.05) is 71.9 Å². The fourth-order valence-electron chi connectivity index (χ4n) is 4.32. The van der Waals surface area contributed by atoms with Gasteiger partial charge >= 0.3 is 0 Å². The maximum Gasteiger partial charge on any atom is 0.232 e. The number of rotatable bonds is 12. The van der Waals surface area contributed by atoms with Crippen molar-refractivity contribution < 1.29 is 14.4 Å². The molecule has 0 bridgehead atoms. The lowest BCUT2D eigenvalue weighted by Crippen LogP contribution is -2.35. The van der Waals surface area contributed by atoms with Gasteiger partial charge in [0, 0.05) is 38.3 Å². The zero-order valence-electron chi connectivity index (χ0n) is 19.1. The molecule has 4 rings (SSSR count). The van der Waals surface area contributed by atoms with Gasteiger partial charge in [0.05, 0.1) is 24.9 Å². The van der Waals surface area contributed by atoms with E-state index in [1.807, 2.05) is 36.4 Å². The molecule has 0 radical (unpaired) electrons. The van der Waals surface area contributed by atoms with Crippen molar-refractivity contribution in [3.05, 3.63) is 84.4 Å². The monoisotopic (exact) mass is 447 g/mol. The highest BCUT2D eigenvalue weighted by Crippen LogP contribution is 2.34. The van der Waals surface area contributed by atoms with Crippen LogP contribution in [0.2, 0.25) is 0 Å². The number of aliphatic hydroxyl groups is 1. The van der Waals surface area contributed by atoms with Crippen LogP contribution in [-0.4, -0.2) is 54.1 Å². The molecule has 1 fully saturated rings.